The number of methoxy groups -OCH3 is 1. The van der Waals surface area contributed by atoms with Crippen molar-refractivity contribution in [3.63, 3.8) is 0 Å². The molecule has 1 saturated heterocycles. The molecule has 1 aliphatic rings. The molecule has 24 heavy (non-hydrogen) atoms. The van der Waals surface area contributed by atoms with E-state index in [1.54, 1.807) is 24.3 Å². The number of carbonyl (C=O) groups excluding carboxylic acids is 3. The van der Waals surface area contributed by atoms with Crippen LogP contribution in [0.1, 0.15) is 24.8 Å². The van der Waals surface area contributed by atoms with Crippen molar-refractivity contribution in [2.45, 2.75) is 31.7 Å². The van der Waals surface area contributed by atoms with Crippen LogP contribution in [0.5, 0.6) is 0 Å². The molecule has 1 atom stereocenters. The lowest BCUT2D eigenvalue weighted by molar-refractivity contribution is -0.141. The summed E-state index contributed by atoms with van der Waals surface area (Å²) in [6.07, 6.45) is 2.78. The standard InChI is InChI=1S/C17H23N3O4/c1-24-17(23)11-19-15(21)9-12-4-6-13(7-5-12)20-16(22)10-14-3-2-8-18-14/h4-7,14,18H,2-3,8-11H2,1H3,(H,19,21)(H,20,22). The number of rotatable bonds is 7. The zero-order chi connectivity index (χ0) is 17.4. The van der Waals surface area contributed by atoms with Crippen molar-refractivity contribution in [3.8, 4) is 0 Å². The van der Waals surface area contributed by atoms with Gasteiger partial charge in [-0.2, -0.15) is 0 Å². The van der Waals surface area contributed by atoms with E-state index in [0.29, 0.717) is 12.1 Å². The predicted molar refractivity (Wildman–Crippen MR) is 89.4 cm³/mol. The highest BCUT2D eigenvalue weighted by atomic mass is 16.5. The Morgan fingerprint density at radius 1 is 1.21 bits per heavy atom. The molecule has 130 valence electrons. The van der Waals surface area contributed by atoms with Crippen LogP contribution in [0.4, 0.5) is 5.69 Å². The van der Waals surface area contributed by atoms with E-state index in [-0.39, 0.29) is 30.8 Å². The van der Waals surface area contributed by atoms with Crippen molar-refractivity contribution in [1.29, 1.82) is 0 Å². The van der Waals surface area contributed by atoms with Crippen molar-refractivity contribution in [2.75, 3.05) is 25.5 Å². The monoisotopic (exact) mass is 333 g/mol. The summed E-state index contributed by atoms with van der Waals surface area (Å²) in [6.45, 7) is 0.837. The van der Waals surface area contributed by atoms with Crippen LogP contribution in [0.25, 0.3) is 0 Å². The fourth-order valence-corrected chi connectivity index (χ4v) is 2.56. The van der Waals surface area contributed by atoms with Gasteiger partial charge < -0.3 is 20.7 Å². The Morgan fingerprint density at radius 2 is 1.96 bits per heavy atom. The van der Waals surface area contributed by atoms with E-state index in [1.165, 1.54) is 7.11 Å². The SMILES string of the molecule is COC(=O)CNC(=O)Cc1ccc(NC(=O)CC2CCCN2)cc1. The summed E-state index contributed by atoms with van der Waals surface area (Å²) < 4.78 is 4.45. The molecule has 1 heterocycles. The molecule has 2 amide bonds. The summed E-state index contributed by atoms with van der Waals surface area (Å²) in [5.41, 5.74) is 1.50. The van der Waals surface area contributed by atoms with Gasteiger partial charge in [-0.1, -0.05) is 12.1 Å². The summed E-state index contributed by atoms with van der Waals surface area (Å²) in [4.78, 5) is 34.6. The van der Waals surface area contributed by atoms with Crippen molar-refractivity contribution in [3.05, 3.63) is 29.8 Å². The van der Waals surface area contributed by atoms with E-state index in [2.05, 4.69) is 20.7 Å². The maximum atomic E-state index is 11.9. The van der Waals surface area contributed by atoms with Gasteiger partial charge in [0.15, 0.2) is 0 Å². The third kappa shape index (κ3) is 6.00. The highest BCUT2D eigenvalue weighted by Gasteiger charge is 2.17. The van der Waals surface area contributed by atoms with Gasteiger partial charge in [-0.3, -0.25) is 14.4 Å². The Balaban J connectivity index is 1.76. The third-order valence-electron chi connectivity index (χ3n) is 3.85. The molecule has 7 nitrogen and oxygen atoms in total. The first kappa shape index (κ1) is 17.9. The second-order valence-corrected chi connectivity index (χ2v) is 5.77. The van der Waals surface area contributed by atoms with Crippen LogP contribution < -0.4 is 16.0 Å². The van der Waals surface area contributed by atoms with Gasteiger partial charge in [0, 0.05) is 18.2 Å². The van der Waals surface area contributed by atoms with Crippen LogP contribution in [-0.4, -0.2) is 44.0 Å². The molecule has 1 aromatic carbocycles. The smallest absolute Gasteiger partial charge is 0.325 e. The Bertz CT molecular complexity index is 580. The summed E-state index contributed by atoms with van der Waals surface area (Å²) in [6, 6.07) is 7.36. The van der Waals surface area contributed by atoms with Crippen LogP contribution in [0.15, 0.2) is 24.3 Å². The molecule has 7 heteroatoms. The van der Waals surface area contributed by atoms with Gasteiger partial charge in [0.25, 0.3) is 0 Å². The maximum Gasteiger partial charge on any atom is 0.325 e. The second kappa shape index (κ2) is 9.02. The molecule has 1 fully saturated rings. The second-order valence-electron chi connectivity index (χ2n) is 5.77. The lowest BCUT2D eigenvalue weighted by Gasteiger charge is -2.11. The molecule has 2 rings (SSSR count). The van der Waals surface area contributed by atoms with Gasteiger partial charge >= 0.3 is 5.97 Å². The minimum absolute atomic E-state index is 0.0158. The molecule has 1 unspecified atom stereocenters. The average Bonchev–Trinajstić information content (AvgIpc) is 3.07. The average molecular weight is 333 g/mol. The van der Waals surface area contributed by atoms with Gasteiger partial charge in [0.2, 0.25) is 11.8 Å². The van der Waals surface area contributed by atoms with E-state index in [0.717, 1.165) is 24.9 Å². The largest absolute Gasteiger partial charge is 0.468 e. The molecular weight excluding hydrogens is 310 g/mol. The van der Waals surface area contributed by atoms with Crippen molar-refractivity contribution >= 4 is 23.5 Å². The van der Waals surface area contributed by atoms with Crippen LogP contribution in [-0.2, 0) is 25.5 Å². The lowest BCUT2D eigenvalue weighted by atomic mass is 10.1. The van der Waals surface area contributed by atoms with Gasteiger partial charge in [-0.25, -0.2) is 0 Å². The normalized spacial score (nSPS) is 16.5. The molecule has 0 aromatic heterocycles. The molecule has 1 aromatic rings. The number of amides is 2. The number of nitrogens with one attached hydrogen (secondary N) is 3. The number of benzene rings is 1. The summed E-state index contributed by atoms with van der Waals surface area (Å²) in [7, 11) is 1.27. The van der Waals surface area contributed by atoms with Crippen molar-refractivity contribution < 1.29 is 19.1 Å². The first-order chi connectivity index (χ1) is 11.6. The van der Waals surface area contributed by atoms with Crippen molar-refractivity contribution in [1.82, 2.24) is 10.6 Å². The molecular formula is C17H23N3O4. The number of ether oxygens (including phenoxy) is 1. The van der Waals surface area contributed by atoms with E-state index >= 15 is 0 Å². The molecule has 0 bridgehead atoms. The zero-order valence-electron chi connectivity index (χ0n) is 13.8. The first-order valence-corrected chi connectivity index (χ1v) is 8.02. The fourth-order valence-electron chi connectivity index (χ4n) is 2.56. The number of carbonyl (C=O) groups is 3. The zero-order valence-corrected chi connectivity index (χ0v) is 13.8. The van der Waals surface area contributed by atoms with E-state index in [1.807, 2.05) is 0 Å². The highest BCUT2D eigenvalue weighted by molar-refractivity contribution is 5.91. The van der Waals surface area contributed by atoms with Gasteiger partial charge in [-0.05, 0) is 37.1 Å². The Kier molecular flexibility index (Phi) is 6.74. The van der Waals surface area contributed by atoms with E-state index < -0.39 is 5.97 Å². The van der Waals surface area contributed by atoms with Crippen LogP contribution >= 0.6 is 0 Å². The van der Waals surface area contributed by atoms with E-state index in [4.69, 9.17) is 0 Å². The molecule has 1 aliphatic heterocycles. The molecule has 0 aliphatic carbocycles. The number of hydrogen-bond acceptors (Lipinski definition) is 5. The lowest BCUT2D eigenvalue weighted by Crippen LogP contribution is -2.31. The quantitative estimate of drug-likeness (QED) is 0.635. The number of hydrogen-bond donors (Lipinski definition) is 3. The minimum atomic E-state index is -0.488. The molecule has 3 N–H and O–H groups in total. The van der Waals surface area contributed by atoms with Crippen molar-refractivity contribution in [2.24, 2.45) is 0 Å². The highest BCUT2D eigenvalue weighted by Crippen LogP contribution is 2.13. The van der Waals surface area contributed by atoms with E-state index in [9.17, 15) is 14.4 Å². The van der Waals surface area contributed by atoms with Gasteiger partial charge in [0.1, 0.15) is 6.54 Å². The molecule has 0 spiro atoms. The molecule has 0 saturated carbocycles. The maximum absolute atomic E-state index is 11.9. The Hall–Kier alpha value is -2.41. The Labute approximate surface area is 141 Å². The van der Waals surface area contributed by atoms with Gasteiger partial charge in [0.05, 0.1) is 13.5 Å². The number of anilines is 1. The first-order valence-electron chi connectivity index (χ1n) is 8.02. The van der Waals surface area contributed by atoms with Gasteiger partial charge in [-0.15, -0.1) is 0 Å². The van der Waals surface area contributed by atoms with Crippen LogP contribution in [0, 0.1) is 0 Å². The molecule has 0 radical (unpaired) electrons. The van der Waals surface area contributed by atoms with Crippen LogP contribution in [0.2, 0.25) is 0 Å². The Morgan fingerprint density at radius 3 is 2.58 bits per heavy atom. The topological polar surface area (TPSA) is 96.5 Å². The fraction of sp³-hybridized carbons (Fsp3) is 0.471. The summed E-state index contributed by atoms with van der Waals surface area (Å²) in [5, 5.41) is 8.63. The number of esters is 1. The predicted octanol–water partition coefficient (Wildman–Crippen LogP) is 0.599. The van der Waals surface area contributed by atoms with Crippen LogP contribution in [0.3, 0.4) is 0 Å². The summed E-state index contributed by atoms with van der Waals surface area (Å²) in [5.74, 6) is -0.763. The summed E-state index contributed by atoms with van der Waals surface area (Å²) >= 11 is 0. The minimum Gasteiger partial charge on any atom is -0.468 e. The third-order valence-corrected chi connectivity index (χ3v) is 3.85.